The summed E-state index contributed by atoms with van der Waals surface area (Å²) in [5, 5.41) is 2.83. The van der Waals surface area contributed by atoms with Gasteiger partial charge in [0.05, 0.1) is 13.7 Å². The quantitative estimate of drug-likeness (QED) is 0.615. The predicted molar refractivity (Wildman–Crippen MR) is 104 cm³/mol. The fourth-order valence-corrected chi connectivity index (χ4v) is 2.79. The number of alkyl halides is 2. The summed E-state index contributed by atoms with van der Waals surface area (Å²) in [6.07, 6.45) is 0.566. The van der Waals surface area contributed by atoms with Crippen molar-refractivity contribution < 1.29 is 27.4 Å². The van der Waals surface area contributed by atoms with E-state index in [1.54, 1.807) is 24.3 Å². The molecule has 0 fully saturated rings. The summed E-state index contributed by atoms with van der Waals surface area (Å²) < 4.78 is 47.3. The molecule has 0 saturated heterocycles. The lowest BCUT2D eigenvalue weighted by Crippen LogP contribution is -2.37. The van der Waals surface area contributed by atoms with E-state index in [1.807, 2.05) is 11.8 Å². The molecule has 0 atom stereocenters. The standard InChI is InChI=1S/C21H25F3N2O3/c1-3-26(13-16-6-9-19(28-2)18(22)12-16)14-20(27)25-11-10-15-4-7-17(8-5-15)29-21(23)24/h4-9,12,21H,3,10-11,13-14H2,1-2H3,(H,25,27). The maximum absolute atomic E-state index is 13.8. The summed E-state index contributed by atoms with van der Waals surface area (Å²) in [6.45, 7) is 0.753. The lowest BCUT2D eigenvalue weighted by molar-refractivity contribution is -0.122. The molecule has 0 bridgehead atoms. The first-order valence-corrected chi connectivity index (χ1v) is 9.26. The highest BCUT2D eigenvalue weighted by Gasteiger charge is 2.11. The van der Waals surface area contributed by atoms with Crippen molar-refractivity contribution in [1.29, 1.82) is 0 Å². The van der Waals surface area contributed by atoms with Gasteiger partial charge in [0.15, 0.2) is 11.6 Å². The Kier molecular flexibility index (Phi) is 8.79. The fraction of sp³-hybridized carbons (Fsp3) is 0.381. The van der Waals surface area contributed by atoms with Crippen molar-refractivity contribution in [2.75, 3.05) is 26.7 Å². The van der Waals surface area contributed by atoms with Gasteiger partial charge in [0.1, 0.15) is 5.75 Å². The van der Waals surface area contributed by atoms with E-state index in [0.717, 1.165) is 11.1 Å². The maximum atomic E-state index is 13.8. The van der Waals surface area contributed by atoms with Crippen LogP contribution < -0.4 is 14.8 Å². The topological polar surface area (TPSA) is 50.8 Å². The van der Waals surface area contributed by atoms with E-state index in [2.05, 4.69) is 10.1 Å². The van der Waals surface area contributed by atoms with E-state index in [-0.39, 0.29) is 24.0 Å². The first-order valence-electron chi connectivity index (χ1n) is 9.26. The Hall–Kier alpha value is -2.74. The Morgan fingerprint density at radius 1 is 1.14 bits per heavy atom. The largest absolute Gasteiger partial charge is 0.494 e. The number of ether oxygens (including phenoxy) is 2. The molecule has 0 radical (unpaired) electrons. The van der Waals surface area contributed by atoms with Crippen LogP contribution in [0.15, 0.2) is 42.5 Å². The number of nitrogens with one attached hydrogen (secondary N) is 1. The molecule has 1 amide bonds. The summed E-state index contributed by atoms with van der Waals surface area (Å²) in [5.41, 5.74) is 1.65. The van der Waals surface area contributed by atoms with Crippen LogP contribution in [0.25, 0.3) is 0 Å². The minimum absolute atomic E-state index is 0.0985. The van der Waals surface area contributed by atoms with Crippen LogP contribution in [0.5, 0.6) is 11.5 Å². The molecule has 0 unspecified atom stereocenters. The minimum atomic E-state index is -2.85. The molecular weight excluding hydrogens is 385 g/mol. The zero-order chi connectivity index (χ0) is 21.2. The molecule has 0 saturated carbocycles. The van der Waals surface area contributed by atoms with Crippen molar-refractivity contribution >= 4 is 5.91 Å². The number of likely N-dealkylation sites (N-methyl/N-ethyl adjacent to an activating group) is 1. The van der Waals surface area contributed by atoms with E-state index in [9.17, 15) is 18.0 Å². The van der Waals surface area contributed by atoms with Gasteiger partial charge in [-0.2, -0.15) is 8.78 Å². The number of rotatable bonds is 11. The number of carbonyl (C=O) groups is 1. The van der Waals surface area contributed by atoms with Crippen LogP contribution in [0.3, 0.4) is 0 Å². The molecule has 158 valence electrons. The Morgan fingerprint density at radius 3 is 2.41 bits per heavy atom. The third kappa shape index (κ3) is 7.65. The van der Waals surface area contributed by atoms with Crippen molar-refractivity contribution in [3.63, 3.8) is 0 Å². The average molecular weight is 410 g/mol. The van der Waals surface area contributed by atoms with Crippen molar-refractivity contribution in [3.05, 3.63) is 59.4 Å². The minimum Gasteiger partial charge on any atom is -0.494 e. The van der Waals surface area contributed by atoms with Gasteiger partial charge in [0.25, 0.3) is 0 Å². The van der Waals surface area contributed by atoms with Gasteiger partial charge < -0.3 is 14.8 Å². The molecule has 0 aromatic heterocycles. The van der Waals surface area contributed by atoms with Gasteiger partial charge in [0, 0.05) is 13.1 Å². The molecule has 0 heterocycles. The maximum Gasteiger partial charge on any atom is 0.387 e. The smallest absolute Gasteiger partial charge is 0.387 e. The van der Waals surface area contributed by atoms with Crippen LogP contribution in [0.1, 0.15) is 18.1 Å². The lowest BCUT2D eigenvalue weighted by Gasteiger charge is -2.20. The van der Waals surface area contributed by atoms with Crippen LogP contribution in [0.2, 0.25) is 0 Å². The molecule has 0 aliphatic heterocycles. The lowest BCUT2D eigenvalue weighted by atomic mass is 10.1. The fourth-order valence-electron chi connectivity index (χ4n) is 2.79. The zero-order valence-corrected chi connectivity index (χ0v) is 16.5. The average Bonchev–Trinajstić information content (AvgIpc) is 2.68. The van der Waals surface area contributed by atoms with E-state index in [0.29, 0.717) is 26.1 Å². The number of carbonyl (C=O) groups excluding carboxylic acids is 1. The summed E-state index contributed by atoms with van der Waals surface area (Å²) >= 11 is 0. The van der Waals surface area contributed by atoms with Gasteiger partial charge in [-0.05, 0) is 48.4 Å². The Morgan fingerprint density at radius 2 is 1.83 bits per heavy atom. The van der Waals surface area contributed by atoms with Gasteiger partial charge in [0.2, 0.25) is 5.91 Å². The number of amides is 1. The molecule has 2 rings (SSSR count). The van der Waals surface area contributed by atoms with Crippen molar-refractivity contribution in [1.82, 2.24) is 10.2 Å². The highest BCUT2D eigenvalue weighted by atomic mass is 19.3. The first kappa shape index (κ1) is 22.5. The highest BCUT2D eigenvalue weighted by Crippen LogP contribution is 2.18. The van der Waals surface area contributed by atoms with Gasteiger partial charge in [-0.15, -0.1) is 0 Å². The van der Waals surface area contributed by atoms with Gasteiger partial charge >= 0.3 is 6.61 Å². The second-order valence-electron chi connectivity index (χ2n) is 6.39. The predicted octanol–water partition coefficient (Wildman–Crippen LogP) is 3.62. The van der Waals surface area contributed by atoms with Crippen LogP contribution >= 0.6 is 0 Å². The molecule has 1 N–H and O–H groups in total. The van der Waals surface area contributed by atoms with Crippen molar-refractivity contribution in [3.8, 4) is 11.5 Å². The number of benzene rings is 2. The molecule has 0 aliphatic carbocycles. The Bertz CT molecular complexity index is 785. The summed E-state index contributed by atoms with van der Waals surface area (Å²) in [6, 6.07) is 11.0. The SMILES string of the molecule is CCN(CC(=O)NCCc1ccc(OC(F)F)cc1)Cc1ccc(OC)c(F)c1. The van der Waals surface area contributed by atoms with Gasteiger partial charge in [-0.25, -0.2) is 4.39 Å². The second kappa shape index (κ2) is 11.3. The molecular formula is C21H25F3N2O3. The van der Waals surface area contributed by atoms with Crippen molar-refractivity contribution in [2.24, 2.45) is 0 Å². The molecule has 29 heavy (non-hydrogen) atoms. The van der Waals surface area contributed by atoms with Gasteiger partial charge in [-0.1, -0.05) is 25.1 Å². The van der Waals surface area contributed by atoms with Crippen molar-refractivity contribution in [2.45, 2.75) is 26.5 Å². The van der Waals surface area contributed by atoms with E-state index < -0.39 is 12.4 Å². The van der Waals surface area contributed by atoms with Crippen LogP contribution in [0.4, 0.5) is 13.2 Å². The van der Waals surface area contributed by atoms with Crippen LogP contribution in [-0.2, 0) is 17.8 Å². The molecule has 0 aliphatic rings. The normalized spacial score (nSPS) is 11.0. The number of hydrogen-bond donors (Lipinski definition) is 1. The molecule has 5 nitrogen and oxygen atoms in total. The van der Waals surface area contributed by atoms with Crippen LogP contribution in [-0.4, -0.2) is 44.2 Å². The number of nitrogens with zero attached hydrogens (tertiary/aromatic N) is 1. The summed E-state index contributed by atoms with van der Waals surface area (Å²) in [7, 11) is 1.41. The van der Waals surface area contributed by atoms with Gasteiger partial charge in [-0.3, -0.25) is 9.69 Å². The van der Waals surface area contributed by atoms with E-state index in [4.69, 9.17) is 4.74 Å². The number of methoxy groups -OCH3 is 1. The molecule has 2 aromatic carbocycles. The Balaban J connectivity index is 1.77. The summed E-state index contributed by atoms with van der Waals surface area (Å²) in [4.78, 5) is 14.1. The first-order chi connectivity index (χ1) is 13.9. The molecule has 0 spiro atoms. The number of hydrogen-bond acceptors (Lipinski definition) is 4. The Labute approximate surface area is 168 Å². The number of halogens is 3. The third-order valence-corrected chi connectivity index (χ3v) is 4.32. The highest BCUT2D eigenvalue weighted by molar-refractivity contribution is 5.78. The zero-order valence-electron chi connectivity index (χ0n) is 16.5. The van der Waals surface area contributed by atoms with E-state index >= 15 is 0 Å². The third-order valence-electron chi connectivity index (χ3n) is 4.32. The second-order valence-corrected chi connectivity index (χ2v) is 6.39. The summed E-state index contributed by atoms with van der Waals surface area (Å²) in [5.74, 6) is -0.293. The van der Waals surface area contributed by atoms with Crippen LogP contribution in [0, 0.1) is 5.82 Å². The molecule has 8 heteroatoms. The monoisotopic (exact) mass is 410 g/mol. The molecule has 2 aromatic rings. The van der Waals surface area contributed by atoms with E-state index in [1.165, 1.54) is 25.3 Å².